The third-order valence-electron chi connectivity index (χ3n) is 2.46. The maximum atomic E-state index is 12.7. The number of halogens is 3. The fourth-order valence-corrected chi connectivity index (χ4v) is 4.86. The number of benzene rings is 1. The molecule has 21 heavy (non-hydrogen) atoms. The second-order valence-electron chi connectivity index (χ2n) is 3.95. The second kappa shape index (κ2) is 6.64. The SMILES string of the molecule is CCOC(=O)c1cc(-c2ccccc2)sc1[Se]C(F)(F)F. The van der Waals surface area contributed by atoms with Gasteiger partial charge < -0.3 is 0 Å². The summed E-state index contributed by atoms with van der Waals surface area (Å²) in [5.41, 5.74) is 0.815. The number of thiophene rings is 1. The first-order chi connectivity index (χ1) is 9.90. The molecule has 0 aliphatic heterocycles. The first-order valence-corrected chi connectivity index (χ1v) is 8.56. The Morgan fingerprint density at radius 2 is 1.95 bits per heavy atom. The van der Waals surface area contributed by atoms with E-state index in [1.807, 2.05) is 6.07 Å². The molecule has 0 bridgehead atoms. The molecule has 7 heteroatoms. The van der Waals surface area contributed by atoms with E-state index in [1.54, 1.807) is 31.2 Å². The molecule has 112 valence electrons. The Kier molecular flexibility index (Phi) is 5.08. The van der Waals surface area contributed by atoms with E-state index >= 15 is 0 Å². The van der Waals surface area contributed by atoms with Crippen molar-refractivity contribution in [2.75, 3.05) is 6.61 Å². The van der Waals surface area contributed by atoms with Crippen LogP contribution in [0.3, 0.4) is 0 Å². The minimum atomic E-state index is -4.30. The Morgan fingerprint density at radius 3 is 2.52 bits per heavy atom. The fraction of sp³-hybridized carbons (Fsp3) is 0.214. The summed E-state index contributed by atoms with van der Waals surface area (Å²) in [5.74, 6) is -0.697. The zero-order valence-corrected chi connectivity index (χ0v) is 13.5. The molecular weight excluding hydrogens is 368 g/mol. The molecule has 2 aromatic rings. The zero-order chi connectivity index (χ0) is 15.5. The van der Waals surface area contributed by atoms with Crippen LogP contribution in [-0.4, -0.2) is 32.6 Å². The van der Waals surface area contributed by atoms with Crippen molar-refractivity contribution >= 4 is 36.0 Å². The third kappa shape index (κ3) is 4.33. The van der Waals surface area contributed by atoms with E-state index in [2.05, 4.69) is 0 Å². The summed E-state index contributed by atoms with van der Waals surface area (Å²) in [6, 6.07) is 10.5. The number of ether oxygens (including phenoxy) is 1. The molecule has 1 heterocycles. The van der Waals surface area contributed by atoms with Gasteiger partial charge in [0.2, 0.25) is 0 Å². The van der Waals surface area contributed by atoms with Gasteiger partial charge in [0.15, 0.2) is 0 Å². The molecule has 2 rings (SSSR count). The minimum absolute atomic E-state index is 0.0260. The van der Waals surface area contributed by atoms with Crippen LogP contribution < -0.4 is 3.78 Å². The quantitative estimate of drug-likeness (QED) is 0.601. The maximum absolute atomic E-state index is 12.7. The van der Waals surface area contributed by atoms with Crippen molar-refractivity contribution in [3.63, 3.8) is 0 Å². The summed E-state index contributed by atoms with van der Waals surface area (Å²) >= 11 is -0.757. The van der Waals surface area contributed by atoms with Crippen LogP contribution in [0.2, 0.25) is 0 Å². The number of esters is 1. The van der Waals surface area contributed by atoms with E-state index in [-0.39, 0.29) is 15.9 Å². The zero-order valence-electron chi connectivity index (χ0n) is 10.9. The van der Waals surface area contributed by atoms with Crippen molar-refractivity contribution in [2.45, 2.75) is 12.0 Å². The van der Waals surface area contributed by atoms with Crippen LogP contribution in [0.1, 0.15) is 17.3 Å². The molecule has 0 aliphatic carbocycles. The molecule has 2 nitrogen and oxygen atoms in total. The molecule has 0 radical (unpaired) electrons. The number of rotatable bonds is 4. The van der Waals surface area contributed by atoms with Crippen LogP contribution in [-0.2, 0) is 4.74 Å². The van der Waals surface area contributed by atoms with E-state index < -0.39 is 26.0 Å². The molecule has 0 N–H and O–H groups in total. The third-order valence-corrected chi connectivity index (χ3v) is 5.73. The monoisotopic (exact) mass is 380 g/mol. The molecule has 0 atom stereocenters. The van der Waals surface area contributed by atoms with Gasteiger partial charge in [-0.05, 0) is 0 Å². The number of hydrogen-bond acceptors (Lipinski definition) is 3. The Hall–Kier alpha value is -1.30. The Morgan fingerprint density at radius 1 is 1.29 bits per heavy atom. The van der Waals surface area contributed by atoms with Crippen LogP contribution in [0.5, 0.6) is 0 Å². The number of alkyl halides is 3. The summed E-state index contributed by atoms with van der Waals surface area (Å²) in [6.07, 6.45) is 0. The summed E-state index contributed by atoms with van der Waals surface area (Å²) in [5, 5.41) is -4.30. The molecular formula is C14H11F3O2SSe. The molecule has 0 spiro atoms. The average molecular weight is 379 g/mol. The van der Waals surface area contributed by atoms with E-state index in [0.717, 1.165) is 16.9 Å². The van der Waals surface area contributed by atoms with Crippen LogP contribution in [0.25, 0.3) is 10.4 Å². The van der Waals surface area contributed by atoms with E-state index in [1.165, 1.54) is 6.07 Å². The van der Waals surface area contributed by atoms with Gasteiger partial charge in [-0.1, -0.05) is 0 Å². The molecule has 0 amide bonds. The van der Waals surface area contributed by atoms with Gasteiger partial charge in [-0.3, -0.25) is 0 Å². The fourth-order valence-electron chi connectivity index (χ4n) is 1.65. The summed E-state index contributed by atoms with van der Waals surface area (Å²) in [6.45, 7) is 1.75. The van der Waals surface area contributed by atoms with Crippen molar-refractivity contribution in [1.82, 2.24) is 0 Å². The van der Waals surface area contributed by atoms with Crippen molar-refractivity contribution in [3.8, 4) is 10.4 Å². The number of carbonyl (C=O) groups excluding carboxylic acids is 1. The molecule has 1 aromatic carbocycles. The van der Waals surface area contributed by atoms with Crippen LogP contribution in [0.4, 0.5) is 13.2 Å². The van der Waals surface area contributed by atoms with Gasteiger partial charge in [-0.2, -0.15) is 0 Å². The summed E-state index contributed by atoms with van der Waals surface area (Å²) < 4.78 is 42.9. The molecule has 0 aliphatic rings. The summed E-state index contributed by atoms with van der Waals surface area (Å²) in [4.78, 5) is 12.5. The van der Waals surface area contributed by atoms with Gasteiger partial charge in [0.05, 0.1) is 0 Å². The summed E-state index contributed by atoms with van der Waals surface area (Å²) in [7, 11) is 0. The van der Waals surface area contributed by atoms with E-state index in [4.69, 9.17) is 4.74 Å². The first-order valence-electron chi connectivity index (χ1n) is 6.03. The van der Waals surface area contributed by atoms with Crippen molar-refractivity contribution in [3.05, 3.63) is 42.0 Å². The molecule has 0 unspecified atom stereocenters. The van der Waals surface area contributed by atoms with E-state index in [9.17, 15) is 18.0 Å². The average Bonchev–Trinajstić information content (AvgIpc) is 2.82. The van der Waals surface area contributed by atoms with Crippen molar-refractivity contribution < 1.29 is 22.7 Å². The molecule has 0 saturated heterocycles. The predicted octanol–water partition coefficient (Wildman–Crippen LogP) is 3.44. The molecule has 1 aromatic heterocycles. The second-order valence-corrected chi connectivity index (χ2v) is 7.84. The van der Waals surface area contributed by atoms with Crippen molar-refractivity contribution in [2.24, 2.45) is 0 Å². The van der Waals surface area contributed by atoms with Crippen molar-refractivity contribution in [1.29, 1.82) is 0 Å². The normalized spacial score (nSPS) is 11.4. The van der Waals surface area contributed by atoms with Crippen LogP contribution in [0, 0.1) is 0 Å². The number of carbonyl (C=O) groups is 1. The Bertz CT molecular complexity index is 623. The van der Waals surface area contributed by atoms with Gasteiger partial charge in [-0.25, -0.2) is 0 Å². The van der Waals surface area contributed by atoms with Gasteiger partial charge in [0, 0.05) is 0 Å². The topological polar surface area (TPSA) is 26.3 Å². The molecule has 0 saturated carbocycles. The Labute approximate surface area is 130 Å². The van der Waals surface area contributed by atoms with Gasteiger partial charge in [0.25, 0.3) is 0 Å². The Balaban J connectivity index is 2.42. The van der Waals surface area contributed by atoms with Gasteiger partial charge in [0.1, 0.15) is 0 Å². The van der Waals surface area contributed by atoms with Gasteiger partial charge in [-0.15, -0.1) is 0 Å². The number of hydrogen-bond donors (Lipinski definition) is 0. The first kappa shape index (κ1) is 16.1. The van der Waals surface area contributed by atoms with Crippen LogP contribution in [0.15, 0.2) is 36.4 Å². The standard InChI is InChI=1S/C14H11F3O2SSe/c1-2-19-12(18)10-8-11(9-6-4-3-5-7-9)20-13(10)21-14(15,16)17/h3-8H,2H2,1H3. The predicted molar refractivity (Wildman–Crippen MR) is 77.2 cm³/mol. The molecule has 0 fully saturated rings. The van der Waals surface area contributed by atoms with Gasteiger partial charge >= 0.3 is 130 Å². The van der Waals surface area contributed by atoms with Crippen LogP contribution >= 0.6 is 11.3 Å². The van der Waals surface area contributed by atoms with E-state index in [0.29, 0.717) is 4.88 Å².